The first kappa shape index (κ1) is 16.9. The zero-order valence-corrected chi connectivity index (χ0v) is 15.1. The van der Waals surface area contributed by atoms with Gasteiger partial charge in [-0.25, -0.2) is 0 Å². The highest BCUT2D eigenvalue weighted by molar-refractivity contribution is 6.31. The molecule has 3 heterocycles. The molecule has 2 amide bonds. The minimum absolute atomic E-state index is 0.00957. The Labute approximate surface area is 153 Å². The van der Waals surface area contributed by atoms with Crippen molar-refractivity contribution in [3.8, 4) is 0 Å². The molecule has 0 radical (unpaired) electrons. The first-order valence-electron chi connectivity index (χ1n) is 9.15. The van der Waals surface area contributed by atoms with Crippen molar-refractivity contribution in [3.63, 3.8) is 0 Å². The Morgan fingerprint density at radius 1 is 1.20 bits per heavy atom. The summed E-state index contributed by atoms with van der Waals surface area (Å²) in [7, 11) is 0. The molecule has 0 aliphatic carbocycles. The topological polar surface area (TPSA) is 52.7 Å². The Morgan fingerprint density at radius 2 is 2.00 bits per heavy atom. The van der Waals surface area contributed by atoms with Crippen molar-refractivity contribution in [2.75, 3.05) is 37.6 Å². The fourth-order valence-corrected chi connectivity index (χ4v) is 4.64. The van der Waals surface area contributed by atoms with E-state index in [0.717, 1.165) is 44.7 Å². The highest BCUT2D eigenvalue weighted by atomic mass is 35.5. The van der Waals surface area contributed by atoms with E-state index in [9.17, 15) is 9.59 Å². The largest absolute Gasteiger partial charge is 0.342 e. The van der Waals surface area contributed by atoms with Gasteiger partial charge in [-0.15, -0.1) is 0 Å². The van der Waals surface area contributed by atoms with Gasteiger partial charge in [0.15, 0.2) is 0 Å². The lowest BCUT2D eigenvalue weighted by Gasteiger charge is -2.39. The van der Waals surface area contributed by atoms with Crippen molar-refractivity contribution in [1.29, 1.82) is 0 Å². The summed E-state index contributed by atoms with van der Waals surface area (Å²) in [5.74, 6) is -0.611. The number of hydrogen-bond acceptors (Lipinski definition) is 3. The number of piperidine rings is 1. The van der Waals surface area contributed by atoms with Gasteiger partial charge >= 0.3 is 0 Å². The molecule has 0 bridgehead atoms. The van der Waals surface area contributed by atoms with Gasteiger partial charge in [-0.05, 0) is 55.8 Å². The molecule has 25 heavy (non-hydrogen) atoms. The minimum atomic E-state index is -0.533. The van der Waals surface area contributed by atoms with Crippen molar-refractivity contribution in [2.45, 2.75) is 25.7 Å². The number of amides is 2. The quantitative estimate of drug-likeness (QED) is 0.822. The predicted molar refractivity (Wildman–Crippen MR) is 97.6 cm³/mol. The van der Waals surface area contributed by atoms with Crippen molar-refractivity contribution < 1.29 is 9.59 Å². The number of likely N-dealkylation sites (tertiary alicyclic amines) is 1. The van der Waals surface area contributed by atoms with Crippen LogP contribution in [0.1, 0.15) is 25.7 Å². The molecule has 4 rings (SSSR count). The van der Waals surface area contributed by atoms with E-state index in [-0.39, 0.29) is 11.8 Å². The van der Waals surface area contributed by atoms with Crippen LogP contribution >= 0.6 is 11.6 Å². The number of benzene rings is 1. The first-order chi connectivity index (χ1) is 12.1. The molecule has 1 atom stereocenters. The van der Waals surface area contributed by atoms with Gasteiger partial charge in [0.1, 0.15) is 5.92 Å². The van der Waals surface area contributed by atoms with Gasteiger partial charge in [0.2, 0.25) is 11.8 Å². The van der Waals surface area contributed by atoms with Crippen LogP contribution in [0.25, 0.3) is 0 Å². The van der Waals surface area contributed by atoms with Gasteiger partial charge in [-0.1, -0.05) is 17.7 Å². The highest BCUT2D eigenvalue weighted by Gasteiger charge is 2.43. The van der Waals surface area contributed by atoms with Gasteiger partial charge in [0.05, 0.1) is 0 Å². The number of halogens is 1. The summed E-state index contributed by atoms with van der Waals surface area (Å²) in [6.07, 6.45) is 3.89. The third kappa shape index (κ3) is 3.15. The second kappa shape index (κ2) is 6.61. The van der Waals surface area contributed by atoms with E-state index in [4.69, 9.17) is 11.6 Å². The Bertz CT molecular complexity index is 677. The Hall–Kier alpha value is -1.59. The Balaban J connectivity index is 1.41. The highest BCUT2D eigenvalue weighted by Crippen LogP contribution is 2.38. The third-order valence-corrected chi connectivity index (χ3v) is 6.33. The van der Waals surface area contributed by atoms with Crippen LogP contribution in [-0.2, 0) is 9.59 Å². The summed E-state index contributed by atoms with van der Waals surface area (Å²) in [4.78, 5) is 29.3. The molecule has 1 aromatic carbocycles. The van der Waals surface area contributed by atoms with Crippen LogP contribution < -0.4 is 10.2 Å². The molecule has 134 valence electrons. The standard InChI is InChI=1S/C19H24ClN3O2/c20-14-2-1-3-15(12-14)23-9-4-16(18(23)25)17(24)22-10-6-19(7-11-22)5-8-21-13-19/h1-3,12,16,21H,4-11,13H2. The smallest absolute Gasteiger partial charge is 0.239 e. The normalized spacial score (nSPS) is 25.8. The Kier molecular flexibility index (Phi) is 4.46. The summed E-state index contributed by atoms with van der Waals surface area (Å²) in [5.41, 5.74) is 1.16. The second-order valence-corrected chi connectivity index (χ2v) is 8.00. The fourth-order valence-electron chi connectivity index (χ4n) is 4.45. The molecule has 6 heteroatoms. The molecular weight excluding hydrogens is 338 g/mol. The monoisotopic (exact) mass is 361 g/mol. The van der Waals surface area contributed by atoms with Crippen LogP contribution in [0, 0.1) is 11.3 Å². The summed E-state index contributed by atoms with van der Waals surface area (Å²) in [6.45, 7) is 4.30. The maximum Gasteiger partial charge on any atom is 0.239 e. The Morgan fingerprint density at radius 3 is 2.68 bits per heavy atom. The molecule has 1 aromatic rings. The number of carbonyl (C=O) groups is 2. The number of nitrogens with zero attached hydrogens (tertiary/aromatic N) is 2. The van der Waals surface area contributed by atoms with Crippen molar-refractivity contribution in [2.24, 2.45) is 11.3 Å². The van der Waals surface area contributed by atoms with Crippen LogP contribution in [0.3, 0.4) is 0 Å². The van der Waals surface area contributed by atoms with Crippen LogP contribution in [0.2, 0.25) is 5.02 Å². The molecule has 5 nitrogen and oxygen atoms in total. The lowest BCUT2D eigenvalue weighted by Crippen LogP contribution is -2.47. The summed E-state index contributed by atoms with van der Waals surface area (Å²) in [6, 6.07) is 7.27. The lowest BCUT2D eigenvalue weighted by molar-refractivity contribution is -0.141. The van der Waals surface area contributed by atoms with Crippen LogP contribution in [-0.4, -0.2) is 49.4 Å². The van der Waals surface area contributed by atoms with Gasteiger partial charge < -0.3 is 15.1 Å². The van der Waals surface area contributed by atoms with E-state index in [1.165, 1.54) is 6.42 Å². The molecule has 0 saturated carbocycles. The van der Waals surface area contributed by atoms with Crippen molar-refractivity contribution in [1.82, 2.24) is 10.2 Å². The molecule has 1 N–H and O–H groups in total. The average Bonchev–Trinajstić information content (AvgIpc) is 3.22. The van der Waals surface area contributed by atoms with Crippen LogP contribution in [0.15, 0.2) is 24.3 Å². The average molecular weight is 362 g/mol. The summed E-state index contributed by atoms with van der Waals surface area (Å²) >= 11 is 6.03. The van der Waals surface area contributed by atoms with Gasteiger partial charge in [-0.3, -0.25) is 9.59 Å². The first-order valence-corrected chi connectivity index (χ1v) is 9.52. The SMILES string of the molecule is O=C(C1CCN(c2cccc(Cl)c2)C1=O)N1CCC2(CCNC2)CC1. The molecule has 0 aromatic heterocycles. The maximum absolute atomic E-state index is 12.9. The molecular formula is C19H24ClN3O2. The van der Waals surface area contributed by atoms with Crippen molar-refractivity contribution in [3.05, 3.63) is 29.3 Å². The van der Waals surface area contributed by atoms with Gasteiger partial charge in [0, 0.05) is 36.9 Å². The zero-order valence-electron chi connectivity index (χ0n) is 14.3. The molecule has 1 unspecified atom stereocenters. The molecule has 3 saturated heterocycles. The lowest BCUT2D eigenvalue weighted by atomic mass is 9.77. The van der Waals surface area contributed by atoms with E-state index >= 15 is 0 Å². The molecule has 3 fully saturated rings. The van der Waals surface area contributed by atoms with Crippen LogP contribution in [0.4, 0.5) is 5.69 Å². The van der Waals surface area contributed by atoms with Gasteiger partial charge in [-0.2, -0.15) is 0 Å². The minimum Gasteiger partial charge on any atom is -0.342 e. The third-order valence-electron chi connectivity index (χ3n) is 6.09. The maximum atomic E-state index is 12.9. The number of hydrogen-bond donors (Lipinski definition) is 1. The number of nitrogens with one attached hydrogen (secondary N) is 1. The summed E-state index contributed by atoms with van der Waals surface area (Å²) < 4.78 is 0. The van der Waals surface area contributed by atoms with Gasteiger partial charge in [0.25, 0.3) is 0 Å². The van der Waals surface area contributed by atoms with E-state index in [2.05, 4.69) is 5.32 Å². The molecule has 1 spiro atoms. The zero-order chi connectivity index (χ0) is 17.4. The van der Waals surface area contributed by atoms with E-state index in [0.29, 0.717) is 23.4 Å². The number of anilines is 1. The fraction of sp³-hybridized carbons (Fsp3) is 0.579. The van der Waals surface area contributed by atoms with E-state index < -0.39 is 5.92 Å². The number of carbonyl (C=O) groups excluding carboxylic acids is 2. The second-order valence-electron chi connectivity index (χ2n) is 7.56. The van der Waals surface area contributed by atoms with Crippen molar-refractivity contribution >= 4 is 29.1 Å². The molecule has 3 aliphatic rings. The summed E-state index contributed by atoms with van der Waals surface area (Å²) in [5, 5.41) is 4.05. The van der Waals surface area contributed by atoms with E-state index in [1.54, 1.807) is 17.0 Å². The van der Waals surface area contributed by atoms with E-state index in [1.807, 2.05) is 17.0 Å². The molecule has 3 aliphatic heterocycles. The van der Waals surface area contributed by atoms with Crippen LogP contribution in [0.5, 0.6) is 0 Å². The predicted octanol–water partition coefficient (Wildman–Crippen LogP) is 2.29. The number of rotatable bonds is 2.